The summed E-state index contributed by atoms with van der Waals surface area (Å²) in [7, 11) is 0. The fourth-order valence-corrected chi connectivity index (χ4v) is 2.51. The van der Waals surface area contributed by atoms with Crippen molar-refractivity contribution in [3.63, 3.8) is 0 Å². The van der Waals surface area contributed by atoms with Gasteiger partial charge in [0.1, 0.15) is 5.82 Å². The average molecular weight is 285 g/mol. The minimum absolute atomic E-state index is 0.112. The summed E-state index contributed by atoms with van der Waals surface area (Å²) in [6, 6.07) is 3.60. The Morgan fingerprint density at radius 3 is 2.94 bits per heavy atom. The lowest BCUT2D eigenvalue weighted by atomic mass is 10.3. The molecule has 96 valence electrons. The van der Waals surface area contributed by atoms with E-state index in [0.29, 0.717) is 10.2 Å². The molecule has 1 unspecified atom stereocenters. The van der Waals surface area contributed by atoms with Crippen LogP contribution in [0.4, 0.5) is 0 Å². The Bertz CT molecular complexity index is 551. The van der Waals surface area contributed by atoms with Gasteiger partial charge in [0.25, 0.3) is 5.91 Å². The number of carbonyl (C=O) groups excluding carboxylic acids is 1. The molecule has 0 saturated heterocycles. The monoisotopic (exact) mass is 284 g/mol. The molecular formula is C11H13ClN4OS. The van der Waals surface area contributed by atoms with Gasteiger partial charge in [0.05, 0.1) is 10.4 Å². The molecule has 5 nitrogen and oxygen atoms in total. The van der Waals surface area contributed by atoms with Crippen molar-refractivity contribution in [2.75, 3.05) is 0 Å². The van der Waals surface area contributed by atoms with Crippen molar-refractivity contribution in [1.82, 2.24) is 20.5 Å². The molecule has 0 aliphatic heterocycles. The summed E-state index contributed by atoms with van der Waals surface area (Å²) in [5.74, 6) is 0.580. The van der Waals surface area contributed by atoms with Crippen molar-refractivity contribution in [3.8, 4) is 0 Å². The quantitative estimate of drug-likeness (QED) is 0.906. The summed E-state index contributed by atoms with van der Waals surface area (Å²) in [6.45, 7) is 3.84. The van der Waals surface area contributed by atoms with Crippen molar-refractivity contribution in [2.24, 2.45) is 0 Å². The van der Waals surface area contributed by atoms with Crippen molar-refractivity contribution in [3.05, 3.63) is 33.0 Å². The molecule has 2 aromatic rings. The van der Waals surface area contributed by atoms with Crippen LogP contribution >= 0.6 is 22.9 Å². The largest absolute Gasteiger partial charge is 0.342 e. The molecule has 0 fully saturated rings. The maximum Gasteiger partial charge on any atom is 0.291 e. The molecule has 0 spiro atoms. The molecule has 0 radical (unpaired) electrons. The Morgan fingerprint density at radius 2 is 2.39 bits per heavy atom. The number of hydrogen-bond acceptors (Lipinski definition) is 4. The van der Waals surface area contributed by atoms with Crippen LogP contribution < -0.4 is 5.32 Å². The Balaban J connectivity index is 2.02. The van der Waals surface area contributed by atoms with E-state index in [9.17, 15) is 4.79 Å². The number of nitrogens with one attached hydrogen (secondary N) is 2. The van der Waals surface area contributed by atoms with E-state index in [1.54, 1.807) is 0 Å². The van der Waals surface area contributed by atoms with Crippen LogP contribution in [0, 0.1) is 0 Å². The summed E-state index contributed by atoms with van der Waals surface area (Å²) in [5, 5.41) is 9.41. The second-order valence-electron chi connectivity index (χ2n) is 3.80. The first-order chi connectivity index (χ1) is 8.60. The van der Waals surface area contributed by atoms with Crippen LogP contribution in [0.5, 0.6) is 0 Å². The minimum Gasteiger partial charge on any atom is -0.342 e. The second-order valence-corrected chi connectivity index (χ2v) is 5.54. The van der Waals surface area contributed by atoms with E-state index in [-0.39, 0.29) is 17.8 Å². The maximum absolute atomic E-state index is 11.9. The van der Waals surface area contributed by atoms with Gasteiger partial charge in [-0.25, -0.2) is 4.98 Å². The summed E-state index contributed by atoms with van der Waals surface area (Å²) < 4.78 is 0.706. The van der Waals surface area contributed by atoms with Crippen molar-refractivity contribution >= 4 is 28.8 Å². The first-order valence-electron chi connectivity index (χ1n) is 5.57. The van der Waals surface area contributed by atoms with Crippen LogP contribution in [0.1, 0.15) is 41.2 Å². The molecule has 0 aliphatic rings. The van der Waals surface area contributed by atoms with Gasteiger partial charge in [0, 0.05) is 11.3 Å². The number of carbonyl (C=O) groups is 1. The lowest BCUT2D eigenvalue weighted by Gasteiger charge is -2.09. The normalized spacial score (nSPS) is 12.4. The van der Waals surface area contributed by atoms with Gasteiger partial charge < -0.3 is 5.32 Å². The Hall–Kier alpha value is -1.40. The molecule has 2 heterocycles. The first-order valence-corrected chi connectivity index (χ1v) is 6.77. The zero-order valence-corrected chi connectivity index (χ0v) is 11.6. The number of nitrogens with zero attached hydrogens (tertiary/aromatic N) is 2. The molecule has 7 heteroatoms. The maximum atomic E-state index is 11.9. The number of aromatic amines is 1. The van der Waals surface area contributed by atoms with Crippen LogP contribution in [-0.2, 0) is 6.42 Å². The lowest BCUT2D eigenvalue weighted by Crippen LogP contribution is -2.27. The van der Waals surface area contributed by atoms with Gasteiger partial charge in [-0.2, -0.15) is 0 Å². The molecular weight excluding hydrogens is 272 g/mol. The standard InChI is InChI=1S/C11H13ClN4OS/c1-3-9-14-10(16-15-9)11(17)13-6(2)7-4-5-8(12)18-7/h4-6H,3H2,1-2H3,(H,13,17)(H,14,15,16). The van der Waals surface area contributed by atoms with Gasteiger partial charge >= 0.3 is 0 Å². The van der Waals surface area contributed by atoms with Crippen molar-refractivity contribution in [2.45, 2.75) is 26.3 Å². The van der Waals surface area contributed by atoms with Crippen molar-refractivity contribution in [1.29, 1.82) is 0 Å². The highest BCUT2D eigenvalue weighted by Crippen LogP contribution is 2.26. The van der Waals surface area contributed by atoms with E-state index in [0.717, 1.165) is 11.3 Å². The fraction of sp³-hybridized carbons (Fsp3) is 0.364. The molecule has 1 amide bonds. The molecule has 0 aliphatic carbocycles. The third-order valence-corrected chi connectivity index (χ3v) is 3.85. The number of H-pyrrole nitrogens is 1. The zero-order chi connectivity index (χ0) is 13.1. The number of aryl methyl sites for hydroxylation is 1. The number of aromatic nitrogens is 3. The van der Waals surface area contributed by atoms with Crippen LogP contribution in [0.2, 0.25) is 4.34 Å². The lowest BCUT2D eigenvalue weighted by molar-refractivity contribution is 0.0930. The Morgan fingerprint density at radius 1 is 1.61 bits per heavy atom. The zero-order valence-electron chi connectivity index (χ0n) is 10.0. The summed E-state index contributed by atoms with van der Waals surface area (Å²) in [5.41, 5.74) is 0. The van der Waals surface area contributed by atoms with E-state index in [1.165, 1.54) is 11.3 Å². The predicted molar refractivity (Wildman–Crippen MR) is 71.0 cm³/mol. The third kappa shape index (κ3) is 2.88. The van der Waals surface area contributed by atoms with Crippen LogP contribution in [-0.4, -0.2) is 21.1 Å². The molecule has 0 saturated carbocycles. The minimum atomic E-state index is -0.289. The highest BCUT2D eigenvalue weighted by molar-refractivity contribution is 7.16. The van der Waals surface area contributed by atoms with E-state index in [4.69, 9.17) is 11.6 Å². The predicted octanol–water partition coefficient (Wildman–Crippen LogP) is 2.57. The van der Waals surface area contributed by atoms with E-state index in [2.05, 4.69) is 20.5 Å². The fourth-order valence-electron chi connectivity index (χ4n) is 1.45. The summed E-state index contributed by atoms with van der Waals surface area (Å²) in [6.07, 6.45) is 0.719. The topological polar surface area (TPSA) is 70.7 Å². The Labute approximate surface area is 114 Å². The number of amides is 1. The Kier molecular flexibility index (Phi) is 3.98. The van der Waals surface area contributed by atoms with Crippen molar-refractivity contribution < 1.29 is 4.79 Å². The van der Waals surface area contributed by atoms with Gasteiger partial charge in [-0.05, 0) is 19.1 Å². The molecule has 2 rings (SSSR count). The van der Waals surface area contributed by atoms with Gasteiger partial charge in [0.15, 0.2) is 0 Å². The number of halogens is 1. The SMILES string of the molecule is CCc1nc(C(=O)NC(C)c2ccc(Cl)s2)n[nH]1. The van der Waals surface area contributed by atoms with Gasteiger partial charge in [0.2, 0.25) is 5.82 Å². The summed E-state index contributed by atoms with van der Waals surface area (Å²) in [4.78, 5) is 17.0. The molecule has 18 heavy (non-hydrogen) atoms. The smallest absolute Gasteiger partial charge is 0.291 e. The van der Waals surface area contributed by atoms with Gasteiger partial charge in [-0.3, -0.25) is 9.89 Å². The number of hydrogen-bond donors (Lipinski definition) is 2. The van der Waals surface area contributed by atoms with E-state index >= 15 is 0 Å². The third-order valence-electron chi connectivity index (χ3n) is 2.44. The molecule has 2 N–H and O–H groups in total. The highest BCUT2D eigenvalue weighted by Gasteiger charge is 2.16. The van der Waals surface area contributed by atoms with Gasteiger partial charge in [-0.15, -0.1) is 16.4 Å². The number of thiophene rings is 1. The van der Waals surface area contributed by atoms with Crippen LogP contribution in [0.15, 0.2) is 12.1 Å². The molecule has 2 aromatic heterocycles. The van der Waals surface area contributed by atoms with Gasteiger partial charge in [-0.1, -0.05) is 18.5 Å². The summed E-state index contributed by atoms with van der Waals surface area (Å²) >= 11 is 7.30. The van der Waals surface area contributed by atoms with Crippen LogP contribution in [0.3, 0.4) is 0 Å². The second kappa shape index (κ2) is 5.49. The number of rotatable bonds is 4. The highest BCUT2D eigenvalue weighted by atomic mass is 35.5. The van der Waals surface area contributed by atoms with Crippen LogP contribution in [0.25, 0.3) is 0 Å². The van der Waals surface area contributed by atoms with E-state index in [1.807, 2.05) is 26.0 Å². The van der Waals surface area contributed by atoms with E-state index < -0.39 is 0 Å². The first kappa shape index (κ1) is 13.0. The molecule has 1 atom stereocenters. The molecule has 0 bridgehead atoms. The average Bonchev–Trinajstić information content (AvgIpc) is 2.97. The molecule has 0 aromatic carbocycles.